The van der Waals surface area contributed by atoms with Crippen molar-refractivity contribution in [3.05, 3.63) is 11.3 Å². The number of hydrogen-bond acceptors (Lipinski definition) is 5. The molecule has 1 unspecified atom stereocenters. The summed E-state index contributed by atoms with van der Waals surface area (Å²) in [5, 5.41) is 12.0. The molecule has 1 saturated heterocycles. The van der Waals surface area contributed by atoms with E-state index in [-0.39, 0.29) is 28.8 Å². The summed E-state index contributed by atoms with van der Waals surface area (Å²) in [6.45, 7) is 2.01. The zero-order chi connectivity index (χ0) is 15.1. The number of nitrogens with one attached hydrogen (secondary N) is 1. The molecule has 2 N–H and O–H groups in total. The van der Waals surface area contributed by atoms with Crippen LogP contribution in [0.25, 0.3) is 0 Å². The summed E-state index contributed by atoms with van der Waals surface area (Å²) in [4.78, 5) is 37.0. The molecule has 0 bridgehead atoms. The van der Waals surface area contributed by atoms with Crippen molar-refractivity contribution in [1.29, 1.82) is 0 Å². The Morgan fingerprint density at radius 3 is 2.76 bits per heavy atom. The van der Waals surface area contributed by atoms with E-state index in [2.05, 4.69) is 9.69 Å². The van der Waals surface area contributed by atoms with Gasteiger partial charge in [0.15, 0.2) is 0 Å². The van der Waals surface area contributed by atoms with Gasteiger partial charge in [-0.25, -0.2) is 4.79 Å². The topological polar surface area (TPSA) is 99.6 Å². The van der Waals surface area contributed by atoms with Crippen LogP contribution >= 0.6 is 11.5 Å². The van der Waals surface area contributed by atoms with Crippen LogP contribution in [-0.4, -0.2) is 44.8 Å². The minimum absolute atomic E-state index is 0.0107. The molecular weight excluding hydrogens is 294 g/mol. The second kappa shape index (κ2) is 5.10. The van der Waals surface area contributed by atoms with Crippen LogP contribution in [0, 0.1) is 12.8 Å². The van der Waals surface area contributed by atoms with E-state index in [1.54, 1.807) is 11.8 Å². The van der Waals surface area contributed by atoms with E-state index < -0.39 is 11.9 Å². The molecule has 21 heavy (non-hydrogen) atoms. The number of carboxylic acid groups (broad SMARTS) is 1. The number of aryl methyl sites for hydroxylation is 1. The van der Waals surface area contributed by atoms with Crippen LogP contribution in [0.3, 0.4) is 0 Å². The number of rotatable bonds is 4. The first-order valence-corrected chi connectivity index (χ1v) is 7.54. The molecule has 2 heterocycles. The number of aromatic carboxylic acids is 1. The van der Waals surface area contributed by atoms with Crippen molar-refractivity contribution in [1.82, 2.24) is 9.27 Å². The smallest absolute Gasteiger partial charge is 0.340 e. The summed E-state index contributed by atoms with van der Waals surface area (Å²) >= 11 is 0.951. The number of anilines is 1. The lowest BCUT2D eigenvalue weighted by molar-refractivity contribution is -0.128. The lowest BCUT2D eigenvalue weighted by Crippen LogP contribution is -2.30. The molecule has 0 spiro atoms. The second-order valence-corrected chi connectivity index (χ2v) is 6.22. The molecule has 0 aromatic carbocycles. The van der Waals surface area contributed by atoms with E-state index in [1.165, 1.54) is 0 Å². The SMILES string of the molecule is Cc1nsc(NC(=O)C2CC(=O)N(C3CC3)C2)c1C(=O)O. The summed E-state index contributed by atoms with van der Waals surface area (Å²) in [7, 11) is 0. The summed E-state index contributed by atoms with van der Waals surface area (Å²) in [6, 6.07) is 0.301. The normalized spacial score (nSPS) is 21.7. The Labute approximate surface area is 125 Å². The Hall–Kier alpha value is -1.96. The maximum atomic E-state index is 12.2. The van der Waals surface area contributed by atoms with Crippen LogP contribution in [0.2, 0.25) is 0 Å². The Morgan fingerprint density at radius 2 is 2.14 bits per heavy atom. The van der Waals surface area contributed by atoms with Crippen LogP contribution in [-0.2, 0) is 9.59 Å². The molecule has 1 aromatic rings. The highest BCUT2D eigenvalue weighted by molar-refractivity contribution is 7.11. The second-order valence-electron chi connectivity index (χ2n) is 5.44. The van der Waals surface area contributed by atoms with Crippen molar-refractivity contribution in [3.8, 4) is 0 Å². The van der Waals surface area contributed by atoms with Crippen molar-refractivity contribution < 1.29 is 19.5 Å². The fourth-order valence-corrected chi connectivity index (χ4v) is 3.36. The third-order valence-corrected chi connectivity index (χ3v) is 4.68. The molecule has 8 heteroatoms. The van der Waals surface area contributed by atoms with Gasteiger partial charge in [0.2, 0.25) is 11.8 Å². The van der Waals surface area contributed by atoms with Crippen molar-refractivity contribution >= 4 is 34.3 Å². The van der Waals surface area contributed by atoms with Crippen molar-refractivity contribution in [2.75, 3.05) is 11.9 Å². The van der Waals surface area contributed by atoms with E-state index in [9.17, 15) is 14.4 Å². The fraction of sp³-hybridized carbons (Fsp3) is 0.538. The Kier molecular flexibility index (Phi) is 3.40. The molecule has 2 amide bonds. The number of carbonyl (C=O) groups excluding carboxylic acids is 2. The van der Waals surface area contributed by atoms with E-state index in [0.717, 1.165) is 24.4 Å². The number of amides is 2. The molecule has 7 nitrogen and oxygen atoms in total. The Morgan fingerprint density at radius 1 is 1.43 bits per heavy atom. The monoisotopic (exact) mass is 309 g/mol. The predicted octanol–water partition coefficient (Wildman–Crippen LogP) is 1.10. The van der Waals surface area contributed by atoms with Gasteiger partial charge in [-0.2, -0.15) is 4.37 Å². The minimum atomic E-state index is -1.11. The van der Waals surface area contributed by atoms with E-state index in [4.69, 9.17) is 5.11 Å². The number of hydrogen-bond donors (Lipinski definition) is 2. The predicted molar refractivity (Wildman–Crippen MR) is 75.3 cm³/mol. The minimum Gasteiger partial charge on any atom is -0.478 e. The summed E-state index contributed by atoms with van der Waals surface area (Å²) < 4.78 is 3.95. The van der Waals surface area contributed by atoms with Gasteiger partial charge in [0.25, 0.3) is 0 Å². The first-order chi connectivity index (χ1) is 9.97. The van der Waals surface area contributed by atoms with E-state index in [0.29, 0.717) is 18.3 Å². The molecular formula is C13H15N3O4S. The van der Waals surface area contributed by atoms with Gasteiger partial charge < -0.3 is 15.3 Å². The third-order valence-electron chi connectivity index (χ3n) is 3.83. The third kappa shape index (κ3) is 2.63. The molecule has 2 fully saturated rings. The van der Waals surface area contributed by atoms with Crippen molar-refractivity contribution in [3.63, 3.8) is 0 Å². The molecule has 1 saturated carbocycles. The van der Waals surface area contributed by atoms with Gasteiger partial charge in [-0.1, -0.05) is 0 Å². The highest BCUT2D eigenvalue weighted by atomic mass is 32.1. The zero-order valence-electron chi connectivity index (χ0n) is 11.5. The van der Waals surface area contributed by atoms with Crippen LogP contribution in [0.4, 0.5) is 5.00 Å². The number of carbonyl (C=O) groups is 3. The largest absolute Gasteiger partial charge is 0.478 e. The van der Waals surface area contributed by atoms with E-state index >= 15 is 0 Å². The summed E-state index contributed by atoms with van der Waals surface area (Å²) in [6.07, 6.45) is 2.22. The van der Waals surface area contributed by atoms with Crippen LogP contribution in [0.5, 0.6) is 0 Å². The lowest BCUT2D eigenvalue weighted by atomic mass is 10.1. The van der Waals surface area contributed by atoms with Gasteiger partial charge in [0.1, 0.15) is 10.6 Å². The van der Waals surface area contributed by atoms with Gasteiger partial charge in [-0.3, -0.25) is 9.59 Å². The van der Waals surface area contributed by atoms with Crippen molar-refractivity contribution in [2.45, 2.75) is 32.2 Å². The lowest BCUT2D eigenvalue weighted by Gasteiger charge is -2.15. The molecule has 112 valence electrons. The Bertz CT molecular complexity index is 623. The number of aromatic nitrogens is 1. The van der Waals surface area contributed by atoms with Crippen LogP contribution < -0.4 is 5.32 Å². The highest BCUT2D eigenvalue weighted by Gasteiger charge is 2.42. The molecule has 1 aliphatic carbocycles. The molecule has 3 rings (SSSR count). The first-order valence-electron chi connectivity index (χ1n) is 6.77. The average Bonchev–Trinajstić information content (AvgIpc) is 3.08. The molecule has 1 atom stereocenters. The fourth-order valence-electron chi connectivity index (χ4n) is 2.57. The number of likely N-dealkylation sites (tertiary alicyclic amines) is 1. The van der Waals surface area contributed by atoms with Gasteiger partial charge in [-0.15, -0.1) is 0 Å². The Balaban J connectivity index is 1.70. The molecule has 2 aliphatic rings. The van der Waals surface area contributed by atoms with Gasteiger partial charge in [0.05, 0.1) is 11.6 Å². The highest BCUT2D eigenvalue weighted by Crippen LogP contribution is 2.33. The number of nitrogens with zero attached hydrogens (tertiary/aromatic N) is 2. The number of carboxylic acids is 1. The quantitative estimate of drug-likeness (QED) is 0.867. The van der Waals surface area contributed by atoms with Gasteiger partial charge in [0, 0.05) is 19.0 Å². The maximum absolute atomic E-state index is 12.2. The maximum Gasteiger partial charge on any atom is 0.340 e. The van der Waals surface area contributed by atoms with Gasteiger partial charge >= 0.3 is 5.97 Å². The summed E-state index contributed by atoms with van der Waals surface area (Å²) in [5.41, 5.74) is 0.404. The first kappa shape index (κ1) is 14.0. The van der Waals surface area contributed by atoms with Crippen LogP contribution in [0.15, 0.2) is 0 Å². The van der Waals surface area contributed by atoms with Gasteiger partial charge in [-0.05, 0) is 31.3 Å². The summed E-state index contributed by atoms with van der Waals surface area (Å²) in [5.74, 6) is -1.82. The average molecular weight is 309 g/mol. The molecule has 0 radical (unpaired) electrons. The van der Waals surface area contributed by atoms with Crippen LogP contribution in [0.1, 0.15) is 35.3 Å². The zero-order valence-corrected chi connectivity index (χ0v) is 12.3. The van der Waals surface area contributed by atoms with Crippen molar-refractivity contribution in [2.24, 2.45) is 5.92 Å². The molecule has 1 aliphatic heterocycles. The molecule has 1 aromatic heterocycles. The standard InChI is InChI=1S/C13H15N3O4S/c1-6-10(13(19)20)12(21-15-6)14-11(18)7-4-9(17)16(5-7)8-2-3-8/h7-8H,2-5H2,1H3,(H,14,18)(H,19,20). The van der Waals surface area contributed by atoms with E-state index in [1.807, 2.05) is 0 Å².